The number of benzene rings is 1. The molecule has 2 aliphatic heterocycles. The minimum atomic E-state index is -0.625. The highest BCUT2D eigenvalue weighted by molar-refractivity contribution is 5.95. The Kier molecular flexibility index (Phi) is 9.02. The number of piperazine rings is 1. The lowest BCUT2D eigenvalue weighted by atomic mass is 9.91. The summed E-state index contributed by atoms with van der Waals surface area (Å²) < 4.78 is 5.49. The second kappa shape index (κ2) is 11.8. The van der Waals surface area contributed by atoms with E-state index in [9.17, 15) is 14.4 Å². The number of rotatable bonds is 7. The molecule has 1 fully saturated rings. The minimum Gasteiger partial charge on any atom is -0.463 e. The molecule has 0 radical (unpaired) electrons. The first kappa shape index (κ1) is 28.2. The molecular formula is C28H41N5O4. The fourth-order valence-electron chi connectivity index (χ4n) is 4.87. The summed E-state index contributed by atoms with van der Waals surface area (Å²) >= 11 is 0. The van der Waals surface area contributed by atoms with Crippen LogP contribution in [0, 0.1) is 6.92 Å². The monoisotopic (exact) mass is 511 g/mol. The largest absolute Gasteiger partial charge is 0.463 e. The first-order chi connectivity index (χ1) is 17.5. The summed E-state index contributed by atoms with van der Waals surface area (Å²) in [5.74, 6) is -0.448. The summed E-state index contributed by atoms with van der Waals surface area (Å²) in [4.78, 5) is 45.1. The molecule has 0 aliphatic carbocycles. The van der Waals surface area contributed by atoms with Crippen LogP contribution in [0.2, 0.25) is 0 Å². The number of amides is 4. The number of hydrogen-bond donors (Lipinski definition) is 2. The number of carbonyl (C=O) groups is 3. The van der Waals surface area contributed by atoms with Crippen LogP contribution in [0.5, 0.6) is 0 Å². The molecule has 0 saturated carbocycles. The van der Waals surface area contributed by atoms with Crippen molar-refractivity contribution in [3.63, 3.8) is 0 Å². The number of esters is 1. The van der Waals surface area contributed by atoms with Gasteiger partial charge in [0, 0.05) is 50.0 Å². The van der Waals surface area contributed by atoms with Crippen LogP contribution in [0.1, 0.15) is 51.8 Å². The fourth-order valence-corrected chi connectivity index (χ4v) is 4.87. The van der Waals surface area contributed by atoms with E-state index in [1.165, 1.54) is 0 Å². The molecular weight excluding hydrogens is 470 g/mol. The maximum absolute atomic E-state index is 13.4. The number of urea groups is 2. The minimum absolute atomic E-state index is 0.0415. The summed E-state index contributed by atoms with van der Waals surface area (Å²) in [5.41, 5.74) is 2.54. The average Bonchev–Trinajstić information content (AvgIpc) is 2.80. The highest BCUT2D eigenvalue weighted by Crippen LogP contribution is 2.33. The third kappa shape index (κ3) is 6.71. The molecule has 37 heavy (non-hydrogen) atoms. The van der Waals surface area contributed by atoms with Gasteiger partial charge < -0.3 is 20.3 Å². The Labute approximate surface area is 220 Å². The predicted molar refractivity (Wildman–Crippen MR) is 144 cm³/mol. The lowest BCUT2D eigenvalue weighted by molar-refractivity contribution is -0.139. The van der Waals surface area contributed by atoms with Crippen molar-refractivity contribution >= 4 is 18.0 Å². The maximum atomic E-state index is 13.4. The molecule has 2 unspecified atom stereocenters. The highest BCUT2D eigenvalue weighted by Gasteiger charge is 2.40. The first-order valence-electron chi connectivity index (χ1n) is 12.9. The smallest absolute Gasteiger partial charge is 0.338 e. The van der Waals surface area contributed by atoms with Crippen LogP contribution in [0.3, 0.4) is 0 Å². The van der Waals surface area contributed by atoms with Gasteiger partial charge in [0.05, 0.1) is 18.2 Å². The molecule has 1 aromatic rings. The van der Waals surface area contributed by atoms with Gasteiger partial charge in [0.25, 0.3) is 0 Å². The van der Waals surface area contributed by atoms with E-state index in [2.05, 4.69) is 22.1 Å². The molecule has 2 N–H and O–H groups in total. The molecule has 1 aromatic carbocycles. The number of nitrogens with zero attached hydrogens (tertiary/aromatic N) is 3. The van der Waals surface area contributed by atoms with Gasteiger partial charge in [0.1, 0.15) is 0 Å². The molecule has 0 spiro atoms. The second-order valence-electron chi connectivity index (χ2n) is 10.7. The Morgan fingerprint density at radius 1 is 1.24 bits per heavy atom. The van der Waals surface area contributed by atoms with Crippen LogP contribution < -0.4 is 10.6 Å². The van der Waals surface area contributed by atoms with Crippen LogP contribution in [0.15, 0.2) is 48.2 Å². The van der Waals surface area contributed by atoms with E-state index in [4.69, 9.17) is 4.74 Å². The molecule has 3 rings (SSSR count). The van der Waals surface area contributed by atoms with Gasteiger partial charge in [0.2, 0.25) is 0 Å². The Balaban J connectivity index is 1.97. The molecule has 4 amide bonds. The van der Waals surface area contributed by atoms with Crippen LogP contribution in [-0.4, -0.2) is 83.6 Å². The summed E-state index contributed by atoms with van der Waals surface area (Å²) in [6, 6.07) is 6.68. The van der Waals surface area contributed by atoms with E-state index < -0.39 is 12.0 Å². The normalized spacial score (nSPS) is 21.0. The molecule has 9 heteroatoms. The van der Waals surface area contributed by atoms with Crippen LogP contribution >= 0.6 is 0 Å². The van der Waals surface area contributed by atoms with Gasteiger partial charge in [-0.05, 0) is 52.7 Å². The van der Waals surface area contributed by atoms with Crippen molar-refractivity contribution in [2.24, 2.45) is 0 Å². The SMILES string of the molecule is C=CCN1C(=O)NC(c2ccccc2C)C(C(=O)OCC)=C1CN1CCN(C(=O)NC(C)(C)C)C(C)C1. The van der Waals surface area contributed by atoms with Crippen molar-refractivity contribution < 1.29 is 19.1 Å². The van der Waals surface area contributed by atoms with E-state index >= 15 is 0 Å². The number of nitrogens with one attached hydrogen (secondary N) is 2. The van der Waals surface area contributed by atoms with Gasteiger partial charge in [-0.2, -0.15) is 0 Å². The molecule has 9 nitrogen and oxygen atoms in total. The molecule has 2 heterocycles. The van der Waals surface area contributed by atoms with E-state index in [1.807, 2.05) is 63.8 Å². The third-order valence-electron chi connectivity index (χ3n) is 6.57. The zero-order valence-electron chi connectivity index (χ0n) is 23.0. The lowest BCUT2D eigenvalue weighted by Gasteiger charge is -2.43. The Morgan fingerprint density at radius 3 is 2.54 bits per heavy atom. The second-order valence-corrected chi connectivity index (χ2v) is 10.7. The average molecular weight is 512 g/mol. The van der Waals surface area contributed by atoms with E-state index in [0.29, 0.717) is 37.4 Å². The van der Waals surface area contributed by atoms with Crippen molar-refractivity contribution in [1.82, 2.24) is 25.3 Å². The van der Waals surface area contributed by atoms with Crippen LogP contribution in [0.4, 0.5) is 9.59 Å². The molecule has 0 bridgehead atoms. The van der Waals surface area contributed by atoms with Crippen molar-refractivity contribution in [2.75, 3.05) is 39.3 Å². The standard InChI is InChI=1S/C28H41N5O4/c1-8-14-33-22(18-31-15-16-32(20(4)17-31)27(36)30-28(5,6)7)23(25(34)37-9-2)24(29-26(33)35)21-13-11-10-12-19(21)3/h8,10-13,20,24H,1,9,14-18H2,2-7H3,(H,29,35)(H,30,36). The molecule has 2 atom stereocenters. The zero-order chi connectivity index (χ0) is 27.3. The zero-order valence-corrected chi connectivity index (χ0v) is 23.0. The number of aryl methyl sites for hydroxylation is 1. The van der Waals surface area contributed by atoms with E-state index in [1.54, 1.807) is 17.9 Å². The van der Waals surface area contributed by atoms with Gasteiger partial charge in [-0.3, -0.25) is 9.80 Å². The van der Waals surface area contributed by atoms with Crippen molar-refractivity contribution in [1.29, 1.82) is 0 Å². The molecule has 202 valence electrons. The van der Waals surface area contributed by atoms with Gasteiger partial charge in [0.15, 0.2) is 0 Å². The van der Waals surface area contributed by atoms with Crippen LogP contribution in [-0.2, 0) is 9.53 Å². The van der Waals surface area contributed by atoms with Crippen LogP contribution in [0.25, 0.3) is 0 Å². The van der Waals surface area contributed by atoms with Gasteiger partial charge >= 0.3 is 18.0 Å². The Bertz CT molecular complexity index is 1060. The van der Waals surface area contributed by atoms with E-state index in [0.717, 1.165) is 11.1 Å². The van der Waals surface area contributed by atoms with Crippen molar-refractivity contribution in [2.45, 2.75) is 59.2 Å². The van der Waals surface area contributed by atoms with Gasteiger partial charge in [-0.15, -0.1) is 6.58 Å². The Morgan fingerprint density at radius 2 is 1.95 bits per heavy atom. The molecule has 0 aromatic heterocycles. The number of carbonyl (C=O) groups excluding carboxylic acids is 3. The van der Waals surface area contributed by atoms with E-state index in [-0.39, 0.29) is 36.8 Å². The summed E-state index contributed by atoms with van der Waals surface area (Å²) in [6.07, 6.45) is 1.65. The summed E-state index contributed by atoms with van der Waals surface area (Å²) in [7, 11) is 0. The third-order valence-corrected chi connectivity index (χ3v) is 6.57. The maximum Gasteiger partial charge on any atom is 0.338 e. The predicted octanol–water partition coefficient (Wildman–Crippen LogP) is 3.58. The van der Waals surface area contributed by atoms with Gasteiger partial charge in [-0.1, -0.05) is 30.3 Å². The highest BCUT2D eigenvalue weighted by atomic mass is 16.5. The van der Waals surface area contributed by atoms with Crippen molar-refractivity contribution in [3.8, 4) is 0 Å². The Hall–Kier alpha value is -3.33. The summed E-state index contributed by atoms with van der Waals surface area (Å²) in [6.45, 7) is 18.1. The number of hydrogen-bond acceptors (Lipinski definition) is 5. The van der Waals surface area contributed by atoms with Gasteiger partial charge in [-0.25, -0.2) is 14.4 Å². The fraction of sp³-hybridized carbons (Fsp3) is 0.536. The first-order valence-corrected chi connectivity index (χ1v) is 12.9. The lowest BCUT2D eigenvalue weighted by Crippen LogP contribution is -2.59. The molecule has 1 saturated heterocycles. The molecule has 2 aliphatic rings. The van der Waals surface area contributed by atoms with Crippen molar-refractivity contribution in [3.05, 3.63) is 59.3 Å². The topological polar surface area (TPSA) is 94.2 Å². The quantitative estimate of drug-likeness (QED) is 0.431. The summed E-state index contributed by atoms with van der Waals surface area (Å²) in [5, 5.41) is 6.05. The number of ether oxygens (including phenoxy) is 1.